The average molecular weight is 452 g/mol. The molecule has 0 atom stereocenters. The van der Waals surface area contributed by atoms with Crippen LogP contribution in [0.2, 0.25) is 0 Å². The fourth-order valence-electron chi connectivity index (χ4n) is 5.45. The second-order valence-electron chi connectivity index (χ2n) is 9.32. The number of anilines is 1. The second-order valence-corrected chi connectivity index (χ2v) is 9.32. The number of hydrogen-bond donors (Lipinski definition) is 3. The van der Waals surface area contributed by atoms with Gasteiger partial charge in [0.05, 0.1) is 6.33 Å². The van der Waals surface area contributed by atoms with Crippen LogP contribution in [-0.4, -0.2) is 38.3 Å². The Morgan fingerprint density at radius 3 is 2.26 bits per heavy atom. The van der Waals surface area contributed by atoms with Crippen molar-refractivity contribution >= 4 is 24.0 Å². The van der Waals surface area contributed by atoms with Crippen LogP contribution in [0.1, 0.15) is 56.9 Å². The van der Waals surface area contributed by atoms with Crippen LogP contribution in [0.3, 0.4) is 0 Å². The predicted octanol–water partition coefficient (Wildman–Crippen LogP) is 4.22. The van der Waals surface area contributed by atoms with Gasteiger partial charge in [-0.15, -0.1) is 12.4 Å². The first-order valence-electron chi connectivity index (χ1n) is 11.3. The normalized spacial score (nSPS) is 28.6. The highest BCUT2D eigenvalue weighted by Gasteiger charge is 2.53. The van der Waals surface area contributed by atoms with Crippen LogP contribution < -0.4 is 16.4 Å². The molecule has 31 heavy (non-hydrogen) atoms. The Balaban J connectivity index is 0.00000272. The van der Waals surface area contributed by atoms with Crippen molar-refractivity contribution in [3.63, 3.8) is 0 Å². The lowest BCUT2D eigenvalue weighted by Crippen LogP contribution is -2.54. The second kappa shape index (κ2) is 10.3. The quantitative estimate of drug-likeness (QED) is 0.580. The van der Waals surface area contributed by atoms with Gasteiger partial charge in [0.15, 0.2) is 0 Å². The van der Waals surface area contributed by atoms with Crippen LogP contribution >= 0.6 is 12.4 Å². The van der Waals surface area contributed by atoms with Crippen LogP contribution in [0.5, 0.6) is 0 Å². The molecule has 2 bridgehead atoms. The van der Waals surface area contributed by atoms with Crippen LogP contribution in [0.25, 0.3) is 0 Å². The summed E-state index contributed by atoms with van der Waals surface area (Å²) in [5, 5.41) is 6.56. The maximum Gasteiger partial charge on any atom is 0.226 e. The lowest BCUT2D eigenvalue weighted by Gasteiger charge is -2.53. The van der Waals surface area contributed by atoms with Gasteiger partial charge in [-0.05, 0) is 80.1 Å². The predicted molar refractivity (Wildman–Crippen MR) is 124 cm³/mol. The van der Waals surface area contributed by atoms with Crippen molar-refractivity contribution in [3.05, 3.63) is 41.7 Å². The van der Waals surface area contributed by atoms with E-state index in [2.05, 4.69) is 34.9 Å². The van der Waals surface area contributed by atoms with E-state index in [-0.39, 0.29) is 41.7 Å². The van der Waals surface area contributed by atoms with Gasteiger partial charge in [-0.25, -0.2) is 4.39 Å². The Bertz CT molecular complexity index is 753. The first-order chi connectivity index (χ1) is 14.6. The van der Waals surface area contributed by atoms with Gasteiger partial charge < -0.3 is 21.1 Å². The van der Waals surface area contributed by atoms with Crippen LogP contribution in [0.4, 0.5) is 10.1 Å². The lowest BCUT2D eigenvalue weighted by molar-refractivity contribution is -0.139. The molecule has 0 spiro atoms. The molecular weight excluding hydrogens is 417 g/mol. The summed E-state index contributed by atoms with van der Waals surface area (Å²) in [6.45, 7) is 2.14. The fraction of sp³-hybridized carbons (Fsp3) is 0.625. The van der Waals surface area contributed by atoms with Gasteiger partial charge in [0, 0.05) is 43.4 Å². The van der Waals surface area contributed by atoms with E-state index in [9.17, 15) is 9.18 Å². The maximum absolute atomic E-state index is 13.1. The zero-order chi connectivity index (χ0) is 21.0. The average Bonchev–Trinajstić information content (AvgIpc) is 2.82. The molecule has 3 aliphatic carbocycles. The molecule has 0 radical (unpaired) electrons. The fourth-order valence-corrected chi connectivity index (χ4v) is 5.45. The Morgan fingerprint density at radius 1 is 1.10 bits per heavy atom. The number of carbonyl (C=O) groups is 1. The minimum absolute atomic E-state index is 0. The third-order valence-electron chi connectivity index (χ3n) is 7.72. The number of nitrogens with two attached hydrogens (primary N) is 1. The molecule has 4 fully saturated rings. The van der Waals surface area contributed by atoms with Crippen molar-refractivity contribution in [2.75, 3.05) is 31.6 Å². The van der Waals surface area contributed by atoms with Crippen molar-refractivity contribution in [1.82, 2.24) is 5.32 Å². The first-order valence-corrected chi connectivity index (χ1v) is 11.3. The van der Waals surface area contributed by atoms with Crippen molar-refractivity contribution in [2.24, 2.45) is 11.1 Å². The zero-order valence-electron chi connectivity index (χ0n) is 18.1. The summed E-state index contributed by atoms with van der Waals surface area (Å²) in [5.74, 6) is 0.277. The van der Waals surface area contributed by atoms with Gasteiger partial charge in [0.25, 0.3) is 0 Å². The number of amides is 1. The number of halogens is 2. The standard InChI is InChI=1S/C24H34FN3O2.ClH/c25-15-18(16-26)17-27-20-3-1-19(2-4-20)23-7-10-24(11-8-23,12-9-23)22(29)28-21-5-13-30-14-6-21;/h1-4,15,21,27H,5-14,16-17,26H2,(H,28,29);1H. The molecule has 1 saturated heterocycles. The summed E-state index contributed by atoms with van der Waals surface area (Å²) in [7, 11) is 0. The number of carbonyl (C=O) groups excluding carboxylic acids is 1. The molecule has 0 aromatic heterocycles. The molecule has 1 aromatic carbocycles. The van der Waals surface area contributed by atoms with Gasteiger partial charge >= 0.3 is 0 Å². The molecule has 172 valence electrons. The number of benzene rings is 1. The van der Waals surface area contributed by atoms with Gasteiger partial charge in [-0.1, -0.05) is 12.1 Å². The molecule has 5 nitrogen and oxygen atoms in total. The summed E-state index contributed by atoms with van der Waals surface area (Å²) in [6, 6.07) is 8.82. The number of hydrogen-bond acceptors (Lipinski definition) is 4. The number of ether oxygens (including phenoxy) is 1. The highest BCUT2D eigenvalue weighted by molar-refractivity contribution is 5.85. The summed E-state index contributed by atoms with van der Waals surface area (Å²) in [5.41, 5.74) is 8.43. The van der Waals surface area contributed by atoms with Gasteiger partial charge in [-0.2, -0.15) is 0 Å². The molecule has 7 heteroatoms. The third kappa shape index (κ3) is 5.07. The largest absolute Gasteiger partial charge is 0.381 e. The molecule has 5 rings (SSSR count). The Labute approximate surface area is 190 Å². The van der Waals surface area contributed by atoms with Gasteiger partial charge in [-0.3, -0.25) is 4.79 Å². The lowest BCUT2D eigenvalue weighted by atomic mass is 9.51. The van der Waals surface area contributed by atoms with E-state index in [0.29, 0.717) is 18.4 Å². The van der Waals surface area contributed by atoms with E-state index in [1.54, 1.807) is 0 Å². The summed E-state index contributed by atoms with van der Waals surface area (Å²) < 4.78 is 18.1. The SMILES string of the molecule is Cl.NCC(=CF)CNc1ccc(C23CCC(C(=O)NC4CCOCC4)(CC2)CC3)cc1. The summed E-state index contributed by atoms with van der Waals surface area (Å²) >= 11 is 0. The van der Waals surface area contributed by atoms with Crippen LogP contribution in [0.15, 0.2) is 36.2 Å². The number of nitrogens with one attached hydrogen (secondary N) is 2. The zero-order valence-corrected chi connectivity index (χ0v) is 18.9. The Hall–Kier alpha value is -1.63. The van der Waals surface area contributed by atoms with E-state index in [0.717, 1.165) is 70.3 Å². The smallest absolute Gasteiger partial charge is 0.226 e. The Kier molecular flexibility index (Phi) is 8.00. The van der Waals surface area contributed by atoms with Crippen molar-refractivity contribution in [2.45, 2.75) is 62.8 Å². The molecular formula is C24H35ClFN3O2. The molecule has 3 saturated carbocycles. The molecule has 0 unspecified atom stereocenters. The molecule has 1 aliphatic heterocycles. The topological polar surface area (TPSA) is 76.4 Å². The molecule has 4 N–H and O–H groups in total. The molecule has 1 heterocycles. The number of rotatable bonds is 7. The van der Waals surface area contributed by atoms with E-state index in [4.69, 9.17) is 10.5 Å². The minimum atomic E-state index is -0.168. The third-order valence-corrected chi connectivity index (χ3v) is 7.72. The molecule has 4 aliphatic rings. The first kappa shape index (κ1) is 24.0. The van der Waals surface area contributed by atoms with E-state index >= 15 is 0 Å². The minimum Gasteiger partial charge on any atom is -0.381 e. The maximum atomic E-state index is 13.1. The molecule has 1 aromatic rings. The number of fused-ring (bicyclic) bond motifs is 3. The monoisotopic (exact) mass is 451 g/mol. The Morgan fingerprint density at radius 2 is 1.71 bits per heavy atom. The van der Waals surface area contributed by atoms with Crippen molar-refractivity contribution in [1.29, 1.82) is 0 Å². The van der Waals surface area contributed by atoms with E-state index < -0.39 is 0 Å². The van der Waals surface area contributed by atoms with Crippen molar-refractivity contribution in [3.8, 4) is 0 Å². The van der Waals surface area contributed by atoms with Crippen LogP contribution in [-0.2, 0) is 14.9 Å². The summed E-state index contributed by atoms with van der Waals surface area (Å²) in [6.07, 6.45) is 8.58. The van der Waals surface area contributed by atoms with Crippen molar-refractivity contribution < 1.29 is 13.9 Å². The van der Waals surface area contributed by atoms with E-state index in [1.165, 1.54) is 5.56 Å². The van der Waals surface area contributed by atoms with Crippen LogP contribution in [0, 0.1) is 5.41 Å². The van der Waals surface area contributed by atoms with Gasteiger partial charge in [0.2, 0.25) is 5.91 Å². The summed E-state index contributed by atoms with van der Waals surface area (Å²) in [4.78, 5) is 13.1. The highest BCUT2D eigenvalue weighted by atomic mass is 35.5. The highest BCUT2D eigenvalue weighted by Crippen LogP contribution is 2.58. The van der Waals surface area contributed by atoms with E-state index in [1.807, 2.05) is 0 Å². The van der Waals surface area contributed by atoms with Gasteiger partial charge in [0.1, 0.15) is 0 Å². The molecule has 1 amide bonds.